The molecular weight excluding hydrogens is 422 g/mol. The Balaban J connectivity index is 0.00000341. The van der Waals surface area contributed by atoms with Gasteiger partial charge in [-0.15, -0.1) is 0 Å². The fourth-order valence-electron chi connectivity index (χ4n) is 3.66. The van der Waals surface area contributed by atoms with Gasteiger partial charge in [-0.25, -0.2) is 14.5 Å². The number of carboxylic acid groups (broad SMARTS) is 1. The van der Waals surface area contributed by atoms with Crippen LogP contribution in [0.25, 0.3) is 0 Å². The predicted octanol–water partition coefficient (Wildman–Crippen LogP) is 4.70. The monoisotopic (exact) mass is 449 g/mol. The van der Waals surface area contributed by atoms with Gasteiger partial charge >= 0.3 is 12.1 Å². The summed E-state index contributed by atoms with van der Waals surface area (Å²) in [5, 5.41) is 9.25. The van der Waals surface area contributed by atoms with Crippen LogP contribution in [0.5, 0.6) is 0 Å². The van der Waals surface area contributed by atoms with Gasteiger partial charge < -0.3 is 20.1 Å². The SMILES string of the molecule is O.O=C(O)COC[C@H]1CC[C@H](COC(=O)N(c2ccccc2)c2ccc(Cl)cc2)CC1. The van der Waals surface area contributed by atoms with Gasteiger partial charge in [0.1, 0.15) is 6.61 Å². The van der Waals surface area contributed by atoms with Crippen LogP contribution in [-0.4, -0.2) is 42.5 Å². The largest absolute Gasteiger partial charge is 0.480 e. The molecular formula is C23H28ClNO6. The number of carboxylic acids is 1. The number of aliphatic carboxylic acids is 1. The van der Waals surface area contributed by atoms with Gasteiger partial charge in [-0.3, -0.25) is 0 Å². The lowest BCUT2D eigenvalue weighted by molar-refractivity contribution is -0.142. The number of rotatable bonds is 8. The highest BCUT2D eigenvalue weighted by Gasteiger charge is 2.25. The van der Waals surface area contributed by atoms with Crippen molar-refractivity contribution >= 4 is 35.0 Å². The molecule has 0 aromatic heterocycles. The normalized spacial score (nSPS) is 18.0. The molecule has 0 bridgehead atoms. The molecule has 31 heavy (non-hydrogen) atoms. The van der Waals surface area contributed by atoms with Gasteiger partial charge in [0, 0.05) is 5.02 Å². The highest BCUT2D eigenvalue weighted by Crippen LogP contribution is 2.31. The molecule has 8 heteroatoms. The zero-order chi connectivity index (χ0) is 21.3. The molecule has 1 fully saturated rings. The standard InChI is InChI=1S/C23H26ClNO5.H2O/c24-19-10-12-21(13-11-19)25(20-4-2-1-3-5-20)23(28)30-15-18-8-6-17(7-9-18)14-29-16-22(26)27;/h1-5,10-13,17-18H,6-9,14-16H2,(H,26,27);1H2/t17-,18-;. The molecule has 0 aliphatic heterocycles. The number of carbonyl (C=O) groups excluding carboxylic acids is 1. The van der Waals surface area contributed by atoms with Crippen molar-refractivity contribution in [2.45, 2.75) is 25.7 Å². The fourth-order valence-corrected chi connectivity index (χ4v) is 3.78. The van der Waals surface area contributed by atoms with Gasteiger partial charge in [-0.05, 0) is 73.9 Å². The molecule has 0 radical (unpaired) electrons. The third-order valence-electron chi connectivity index (χ3n) is 5.27. The molecule has 168 valence electrons. The Morgan fingerprint density at radius 3 is 2.03 bits per heavy atom. The van der Waals surface area contributed by atoms with Crippen molar-refractivity contribution in [1.29, 1.82) is 0 Å². The number of anilines is 2. The maximum absolute atomic E-state index is 12.9. The maximum atomic E-state index is 12.9. The van der Waals surface area contributed by atoms with Crippen LogP contribution >= 0.6 is 11.6 Å². The molecule has 0 spiro atoms. The van der Waals surface area contributed by atoms with E-state index in [1.54, 1.807) is 29.2 Å². The lowest BCUT2D eigenvalue weighted by atomic mass is 9.83. The van der Waals surface area contributed by atoms with E-state index in [1.165, 1.54) is 0 Å². The number of ether oxygens (including phenoxy) is 2. The van der Waals surface area contributed by atoms with Crippen molar-refractivity contribution in [3.05, 3.63) is 59.6 Å². The Labute approximate surface area is 186 Å². The minimum absolute atomic E-state index is 0. The number of halogens is 1. The molecule has 0 unspecified atom stereocenters. The van der Waals surface area contributed by atoms with E-state index in [1.807, 2.05) is 30.3 Å². The molecule has 2 aromatic carbocycles. The van der Waals surface area contributed by atoms with E-state index in [0.717, 1.165) is 31.4 Å². The zero-order valence-electron chi connectivity index (χ0n) is 17.2. The van der Waals surface area contributed by atoms with Crippen molar-refractivity contribution in [1.82, 2.24) is 0 Å². The van der Waals surface area contributed by atoms with Crippen molar-refractivity contribution in [3.63, 3.8) is 0 Å². The molecule has 0 heterocycles. The zero-order valence-corrected chi connectivity index (χ0v) is 18.0. The van der Waals surface area contributed by atoms with Crippen LogP contribution in [-0.2, 0) is 14.3 Å². The number of nitrogens with zero attached hydrogens (tertiary/aromatic N) is 1. The van der Waals surface area contributed by atoms with Crippen molar-refractivity contribution in [2.75, 3.05) is 24.7 Å². The van der Waals surface area contributed by atoms with Crippen LogP contribution in [0.1, 0.15) is 25.7 Å². The van der Waals surface area contributed by atoms with Crippen LogP contribution in [0.2, 0.25) is 5.02 Å². The van der Waals surface area contributed by atoms with Crippen molar-refractivity contribution in [3.8, 4) is 0 Å². The number of carbonyl (C=O) groups is 2. The summed E-state index contributed by atoms with van der Waals surface area (Å²) in [6, 6.07) is 16.4. The van der Waals surface area contributed by atoms with E-state index >= 15 is 0 Å². The summed E-state index contributed by atoms with van der Waals surface area (Å²) >= 11 is 5.99. The number of benzene rings is 2. The molecule has 0 atom stereocenters. The van der Waals surface area contributed by atoms with Gasteiger partial charge in [-0.1, -0.05) is 29.8 Å². The molecule has 1 saturated carbocycles. The first-order valence-electron chi connectivity index (χ1n) is 10.1. The summed E-state index contributed by atoms with van der Waals surface area (Å²) in [4.78, 5) is 25.0. The van der Waals surface area contributed by atoms with Crippen molar-refractivity contribution in [2.24, 2.45) is 11.8 Å². The van der Waals surface area contributed by atoms with Crippen LogP contribution in [0.4, 0.5) is 16.2 Å². The Hall–Kier alpha value is -2.61. The van der Waals surface area contributed by atoms with Gasteiger partial charge in [0.05, 0.1) is 24.6 Å². The summed E-state index contributed by atoms with van der Waals surface area (Å²) in [5.74, 6) is -0.280. The Bertz CT molecular complexity index is 822. The van der Waals surface area contributed by atoms with E-state index in [2.05, 4.69) is 0 Å². The number of hydrogen-bond donors (Lipinski definition) is 1. The molecule has 7 nitrogen and oxygen atoms in total. The predicted molar refractivity (Wildman–Crippen MR) is 119 cm³/mol. The van der Waals surface area contributed by atoms with Gasteiger partial charge in [0.2, 0.25) is 0 Å². The second kappa shape index (κ2) is 12.3. The Morgan fingerprint density at radius 2 is 1.45 bits per heavy atom. The third-order valence-corrected chi connectivity index (χ3v) is 5.52. The van der Waals surface area contributed by atoms with E-state index < -0.39 is 12.1 Å². The number of para-hydroxylation sites is 1. The first kappa shape index (κ1) is 24.7. The number of hydrogen-bond acceptors (Lipinski definition) is 4. The molecule has 1 aliphatic carbocycles. The quantitative estimate of drug-likeness (QED) is 0.628. The lowest BCUT2D eigenvalue weighted by Gasteiger charge is -2.29. The van der Waals surface area contributed by atoms with Crippen LogP contribution in [0, 0.1) is 11.8 Å². The van der Waals surface area contributed by atoms with E-state index in [0.29, 0.717) is 35.8 Å². The second-order valence-corrected chi connectivity index (χ2v) is 7.96. The summed E-state index contributed by atoms with van der Waals surface area (Å²) in [6.45, 7) is 0.577. The summed E-state index contributed by atoms with van der Waals surface area (Å²) in [7, 11) is 0. The first-order valence-corrected chi connectivity index (χ1v) is 10.5. The Morgan fingerprint density at radius 1 is 0.903 bits per heavy atom. The molecule has 3 N–H and O–H groups in total. The minimum atomic E-state index is -0.945. The van der Waals surface area contributed by atoms with Gasteiger partial charge in [-0.2, -0.15) is 0 Å². The summed E-state index contributed by atoms with van der Waals surface area (Å²) in [5.41, 5.74) is 1.42. The average Bonchev–Trinajstić information content (AvgIpc) is 2.75. The molecule has 1 amide bonds. The molecule has 2 aromatic rings. The lowest BCUT2D eigenvalue weighted by Crippen LogP contribution is -2.30. The molecule has 0 saturated heterocycles. The Kier molecular flexibility index (Phi) is 9.78. The second-order valence-electron chi connectivity index (χ2n) is 7.52. The van der Waals surface area contributed by atoms with Gasteiger partial charge in [0.25, 0.3) is 0 Å². The highest BCUT2D eigenvalue weighted by molar-refractivity contribution is 6.30. The van der Waals surface area contributed by atoms with E-state index in [4.69, 9.17) is 26.2 Å². The fraction of sp³-hybridized carbons (Fsp3) is 0.391. The van der Waals surface area contributed by atoms with E-state index in [9.17, 15) is 9.59 Å². The molecule has 1 aliphatic rings. The summed E-state index contributed by atoms with van der Waals surface area (Å²) < 4.78 is 10.9. The molecule has 3 rings (SSSR count). The smallest absolute Gasteiger partial charge is 0.418 e. The first-order chi connectivity index (χ1) is 14.5. The van der Waals surface area contributed by atoms with Gasteiger partial charge in [0.15, 0.2) is 0 Å². The third kappa shape index (κ3) is 7.54. The summed E-state index contributed by atoms with van der Waals surface area (Å²) in [6.07, 6.45) is 3.33. The highest BCUT2D eigenvalue weighted by atomic mass is 35.5. The number of amides is 1. The minimum Gasteiger partial charge on any atom is -0.480 e. The van der Waals surface area contributed by atoms with Crippen LogP contribution in [0.15, 0.2) is 54.6 Å². The van der Waals surface area contributed by atoms with Crippen LogP contribution < -0.4 is 4.90 Å². The average molecular weight is 450 g/mol. The van der Waals surface area contributed by atoms with Crippen molar-refractivity contribution < 1.29 is 29.6 Å². The topological polar surface area (TPSA) is 108 Å². The van der Waals surface area contributed by atoms with E-state index in [-0.39, 0.29) is 12.1 Å². The van der Waals surface area contributed by atoms with Crippen LogP contribution in [0.3, 0.4) is 0 Å². The maximum Gasteiger partial charge on any atom is 0.418 e.